The number of hydrogen-bond donors (Lipinski definition) is 3. The van der Waals surface area contributed by atoms with E-state index in [0.717, 1.165) is 0 Å². The number of nitrogens with two attached hydrogens (primary N) is 1. The number of sulfonamides is 1. The molecular formula is C19H23N3O4S. The van der Waals surface area contributed by atoms with Crippen molar-refractivity contribution >= 4 is 27.5 Å². The van der Waals surface area contributed by atoms with Crippen LogP contribution in [0.3, 0.4) is 0 Å². The van der Waals surface area contributed by atoms with Gasteiger partial charge in [-0.25, -0.2) is 13.1 Å². The van der Waals surface area contributed by atoms with E-state index in [1.54, 1.807) is 36.4 Å². The van der Waals surface area contributed by atoms with Crippen LogP contribution in [-0.4, -0.2) is 26.3 Å². The topological polar surface area (TPSA) is 118 Å². The molecule has 0 radical (unpaired) electrons. The minimum Gasteiger partial charge on any atom is -0.322 e. The minimum absolute atomic E-state index is 0.140. The molecule has 8 heteroatoms. The third-order valence-electron chi connectivity index (χ3n) is 3.74. The Hall–Kier alpha value is -2.71. The van der Waals surface area contributed by atoms with Crippen LogP contribution in [0.1, 0.15) is 30.6 Å². The van der Waals surface area contributed by atoms with Gasteiger partial charge in [0.25, 0.3) is 21.8 Å². The molecule has 2 amide bonds. The second kappa shape index (κ2) is 8.79. The molecule has 0 fully saturated rings. The summed E-state index contributed by atoms with van der Waals surface area (Å²) in [6, 6.07) is 13.3. The van der Waals surface area contributed by atoms with Crippen molar-refractivity contribution in [3.05, 3.63) is 60.2 Å². The fourth-order valence-corrected chi connectivity index (χ4v) is 3.49. The Morgan fingerprint density at radius 2 is 1.70 bits per heavy atom. The summed E-state index contributed by atoms with van der Waals surface area (Å²) < 4.78 is 26.9. The number of amides is 2. The Bertz CT molecular complexity index is 912. The smallest absolute Gasteiger partial charge is 0.264 e. The molecule has 144 valence electrons. The van der Waals surface area contributed by atoms with Crippen molar-refractivity contribution in [3.8, 4) is 0 Å². The third kappa shape index (κ3) is 5.90. The van der Waals surface area contributed by atoms with Crippen molar-refractivity contribution in [2.75, 3.05) is 5.32 Å². The number of carbonyl (C=O) groups is 2. The van der Waals surface area contributed by atoms with Gasteiger partial charge in [-0.1, -0.05) is 38.1 Å². The number of hydrogen-bond acceptors (Lipinski definition) is 5. The molecule has 0 bridgehead atoms. The first kappa shape index (κ1) is 20.6. The van der Waals surface area contributed by atoms with Crippen molar-refractivity contribution in [2.45, 2.75) is 31.2 Å². The van der Waals surface area contributed by atoms with Gasteiger partial charge in [-0.15, -0.1) is 0 Å². The lowest BCUT2D eigenvalue weighted by Crippen LogP contribution is -2.43. The van der Waals surface area contributed by atoms with E-state index in [4.69, 9.17) is 5.73 Å². The zero-order valence-corrected chi connectivity index (χ0v) is 16.0. The molecule has 0 aliphatic carbocycles. The zero-order valence-electron chi connectivity index (χ0n) is 15.2. The van der Waals surface area contributed by atoms with E-state index in [0.29, 0.717) is 17.7 Å². The Balaban J connectivity index is 2.13. The molecule has 0 aliphatic heterocycles. The van der Waals surface area contributed by atoms with Gasteiger partial charge in [0.05, 0.1) is 10.9 Å². The lowest BCUT2D eigenvalue weighted by molar-refractivity contribution is -0.120. The van der Waals surface area contributed by atoms with Crippen LogP contribution >= 0.6 is 0 Å². The molecule has 0 spiro atoms. The molecule has 0 aliphatic rings. The van der Waals surface area contributed by atoms with E-state index in [1.165, 1.54) is 18.2 Å². The summed E-state index contributed by atoms with van der Waals surface area (Å²) in [6.07, 6.45) is 0.370. The number of rotatable bonds is 7. The van der Waals surface area contributed by atoms with Crippen LogP contribution in [0.4, 0.5) is 5.69 Å². The number of carbonyl (C=O) groups excluding carboxylic acids is 2. The Morgan fingerprint density at radius 3 is 2.33 bits per heavy atom. The molecule has 2 rings (SSSR count). The highest BCUT2D eigenvalue weighted by atomic mass is 32.2. The maximum atomic E-state index is 12.4. The van der Waals surface area contributed by atoms with E-state index < -0.39 is 22.0 Å². The van der Waals surface area contributed by atoms with Gasteiger partial charge in [0, 0.05) is 11.3 Å². The number of nitrogens with one attached hydrogen (secondary N) is 2. The molecule has 0 unspecified atom stereocenters. The molecule has 4 N–H and O–H groups in total. The zero-order chi connectivity index (χ0) is 20.0. The highest BCUT2D eigenvalue weighted by Gasteiger charge is 2.23. The molecule has 2 aromatic rings. The average Bonchev–Trinajstić information content (AvgIpc) is 2.61. The minimum atomic E-state index is -4.09. The van der Waals surface area contributed by atoms with Crippen LogP contribution < -0.4 is 15.8 Å². The fraction of sp³-hybridized carbons (Fsp3) is 0.263. The maximum absolute atomic E-state index is 12.4. The maximum Gasteiger partial charge on any atom is 0.264 e. The van der Waals surface area contributed by atoms with Crippen molar-refractivity contribution < 1.29 is 18.0 Å². The SMILES string of the molecule is CC(C)C[C@H](N)C(=O)NS(=O)(=O)c1cccc(NC(=O)c2ccccc2)c1. The summed E-state index contributed by atoms with van der Waals surface area (Å²) in [7, 11) is -4.09. The van der Waals surface area contributed by atoms with Crippen molar-refractivity contribution in [1.29, 1.82) is 0 Å². The highest BCUT2D eigenvalue weighted by Crippen LogP contribution is 2.17. The molecule has 2 aromatic carbocycles. The summed E-state index contributed by atoms with van der Waals surface area (Å²) in [6.45, 7) is 3.78. The normalized spacial score (nSPS) is 12.4. The van der Waals surface area contributed by atoms with E-state index >= 15 is 0 Å². The van der Waals surface area contributed by atoms with Crippen molar-refractivity contribution in [3.63, 3.8) is 0 Å². The van der Waals surface area contributed by atoms with Crippen LogP contribution in [-0.2, 0) is 14.8 Å². The Morgan fingerprint density at radius 1 is 1.04 bits per heavy atom. The van der Waals surface area contributed by atoms with Crippen LogP contribution in [0.15, 0.2) is 59.5 Å². The van der Waals surface area contributed by atoms with Gasteiger partial charge >= 0.3 is 0 Å². The average molecular weight is 389 g/mol. The van der Waals surface area contributed by atoms with Crippen LogP contribution in [0.5, 0.6) is 0 Å². The van der Waals surface area contributed by atoms with Crippen LogP contribution in [0.25, 0.3) is 0 Å². The lowest BCUT2D eigenvalue weighted by atomic mass is 10.0. The molecule has 0 saturated carbocycles. The molecule has 27 heavy (non-hydrogen) atoms. The van der Waals surface area contributed by atoms with Gasteiger partial charge in [-0.2, -0.15) is 0 Å². The highest BCUT2D eigenvalue weighted by molar-refractivity contribution is 7.90. The van der Waals surface area contributed by atoms with Gasteiger partial charge < -0.3 is 11.1 Å². The van der Waals surface area contributed by atoms with E-state index in [2.05, 4.69) is 5.32 Å². The molecule has 0 saturated heterocycles. The standard InChI is InChI=1S/C19H23N3O4S/c1-13(2)11-17(20)19(24)22-27(25,26)16-10-6-9-15(12-16)21-18(23)14-7-4-3-5-8-14/h3-10,12-13,17H,11,20H2,1-2H3,(H,21,23)(H,22,24)/t17-/m0/s1. The Labute approximate surface area is 159 Å². The van der Waals surface area contributed by atoms with E-state index in [-0.39, 0.29) is 16.7 Å². The lowest BCUT2D eigenvalue weighted by Gasteiger charge is -2.15. The second-order valence-electron chi connectivity index (χ2n) is 6.55. The van der Waals surface area contributed by atoms with Gasteiger partial charge in [-0.3, -0.25) is 9.59 Å². The summed E-state index contributed by atoms with van der Waals surface area (Å²) in [5, 5.41) is 2.63. The summed E-state index contributed by atoms with van der Waals surface area (Å²) in [4.78, 5) is 24.1. The molecule has 1 atom stereocenters. The Kier molecular flexibility index (Phi) is 6.70. The molecule has 0 heterocycles. The summed E-state index contributed by atoms with van der Waals surface area (Å²) in [5.41, 5.74) is 6.47. The second-order valence-corrected chi connectivity index (χ2v) is 8.24. The van der Waals surface area contributed by atoms with Gasteiger partial charge in [-0.05, 0) is 42.7 Å². The van der Waals surface area contributed by atoms with Crippen molar-refractivity contribution in [2.24, 2.45) is 11.7 Å². The first-order valence-electron chi connectivity index (χ1n) is 8.48. The predicted molar refractivity (Wildman–Crippen MR) is 104 cm³/mol. The van der Waals surface area contributed by atoms with E-state index in [9.17, 15) is 18.0 Å². The van der Waals surface area contributed by atoms with Gasteiger partial charge in [0.1, 0.15) is 0 Å². The van der Waals surface area contributed by atoms with Gasteiger partial charge in [0.15, 0.2) is 0 Å². The molecular weight excluding hydrogens is 366 g/mol. The fourth-order valence-electron chi connectivity index (χ4n) is 2.42. The van der Waals surface area contributed by atoms with Crippen LogP contribution in [0, 0.1) is 5.92 Å². The quantitative estimate of drug-likeness (QED) is 0.670. The number of anilines is 1. The predicted octanol–water partition coefficient (Wildman–Crippen LogP) is 2.12. The molecule has 7 nitrogen and oxygen atoms in total. The van der Waals surface area contributed by atoms with Crippen LogP contribution in [0.2, 0.25) is 0 Å². The first-order chi connectivity index (χ1) is 12.7. The third-order valence-corrected chi connectivity index (χ3v) is 5.08. The number of benzene rings is 2. The summed E-state index contributed by atoms with van der Waals surface area (Å²) in [5.74, 6) is -0.972. The van der Waals surface area contributed by atoms with E-state index in [1.807, 2.05) is 18.6 Å². The first-order valence-corrected chi connectivity index (χ1v) is 9.96. The van der Waals surface area contributed by atoms with Crippen molar-refractivity contribution in [1.82, 2.24) is 4.72 Å². The molecule has 0 aromatic heterocycles. The summed E-state index contributed by atoms with van der Waals surface area (Å²) >= 11 is 0. The largest absolute Gasteiger partial charge is 0.322 e. The van der Waals surface area contributed by atoms with Gasteiger partial charge in [0.2, 0.25) is 0 Å². The monoisotopic (exact) mass is 389 g/mol.